The summed E-state index contributed by atoms with van der Waals surface area (Å²) in [7, 11) is 0. The number of aromatic nitrogens is 1. The van der Waals surface area contributed by atoms with Gasteiger partial charge >= 0.3 is 0 Å². The molecule has 0 amide bonds. The van der Waals surface area contributed by atoms with Gasteiger partial charge in [0.2, 0.25) is 5.88 Å². The lowest BCUT2D eigenvalue weighted by Crippen LogP contribution is -1.85. The first-order valence-corrected chi connectivity index (χ1v) is 2.78. The highest BCUT2D eigenvalue weighted by Gasteiger charge is 1.89. The van der Waals surface area contributed by atoms with Crippen molar-refractivity contribution in [2.24, 2.45) is 0 Å². The van der Waals surface area contributed by atoms with E-state index in [1.54, 1.807) is 11.4 Å². The second-order valence-corrected chi connectivity index (χ2v) is 1.72. The second-order valence-electron chi connectivity index (χ2n) is 1.05. The lowest BCUT2D eigenvalue weighted by molar-refractivity contribution is -0.120. The van der Waals surface area contributed by atoms with Crippen LogP contribution in [-0.2, 0) is 4.79 Å². The molecule has 0 unspecified atom stereocenters. The lowest BCUT2D eigenvalue weighted by Gasteiger charge is -1.82. The molecule has 0 aliphatic rings. The van der Waals surface area contributed by atoms with Crippen LogP contribution in [0.4, 0.5) is 0 Å². The summed E-state index contributed by atoms with van der Waals surface area (Å²) >= 11 is 1.25. The predicted octanol–water partition coefficient (Wildman–Crippen LogP) is 0.678. The van der Waals surface area contributed by atoms with Crippen LogP contribution in [0.2, 0.25) is 0 Å². The molecule has 0 saturated carbocycles. The van der Waals surface area contributed by atoms with Gasteiger partial charge in [0.05, 0.1) is 0 Å². The maximum Gasteiger partial charge on any atom is 0.299 e. The molecule has 0 spiro atoms. The molecule has 1 aromatic heterocycles. The Balaban J connectivity index is 2.62. The van der Waals surface area contributed by atoms with Crippen LogP contribution in [0.25, 0.3) is 0 Å². The largest absolute Gasteiger partial charge is 0.409 e. The van der Waals surface area contributed by atoms with E-state index in [4.69, 9.17) is 0 Å². The first-order valence-electron chi connectivity index (χ1n) is 1.94. The van der Waals surface area contributed by atoms with Crippen molar-refractivity contribution in [3.05, 3.63) is 11.4 Å². The summed E-state index contributed by atoms with van der Waals surface area (Å²) in [4.78, 5) is 9.61. The summed E-state index contributed by atoms with van der Waals surface area (Å²) in [5.41, 5.74) is 0. The smallest absolute Gasteiger partial charge is 0.299 e. The zero-order valence-electron chi connectivity index (χ0n) is 3.90. The zero-order chi connectivity index (χ0) is 5.82. The summed E-state index contributed by atoms with van der Waals surface area (Å²) in [5.74, 6) is 0.366. The Morgan fingerprint density at radius 2 is 2.75 bits per heavy atom. The first-order chi connectivity index (χ1) is 3.93. The molecule has 0 bridgehead atoms. The van der Waals surface area contributed by atoms with Crippen LogP contribution in [0.3, 0.4) is 0 Å². The Morgan fingerprint density at radius 1 is 1.88 bits per heavy atom. The van der Waals surface area contributed by atoms with Crippen molar-refractivity contribution in [1.29, 1.82) is 0 Å². The van der Waals surface area contributed by atoms with Crippen molar-refractivity contribution < 1.29 is 9.53 Å². The van der Waals surface area contributed by atoms with E-state index >= 15 is 0 Å². The van der Waals surface area contributed by atoms with E-state index in [1.165, 1.54) is 11.5 Å². The fourth-order valence-corrected chi connectivity index (χ4v) is 0.757. The number of carbonyl (C=O) groups excluding carboxylic acids is 1. The van der Waals surface area contributed by atoms with Gasteiger partial charge in [-0.2, -0.15) is 4.37 Å². The molecular weight excluding hydrogens is 126 g/mol. The van der Waals surface area contributed by atoms with Crippen molar-refractivity contribution in [2.75, 3.05) is 0 Å². The molecule has 0 N–H and O–H groups in total. The number of carbonyl (C=O) groups is 1. The fourth-order valence-electron chi connectivity index (χ4n) is 0.312. The van der Waals surface area contributed by atoms with Crippen molar-refractivity contribution >= 4 is 18.0 Å². The Bertz CT molecular complexity index is 161. The number of nitrogens with zero attached hydrogens (tertiary/aromatic N) is 1. The maximum atomic E-state index is 9.61. The zero-order valence-corrected chi connectivity index (χ0v) is 4.72. The number of ether oxygens (including phenoxy) is 1. The molecule has 0 atom stereocenters. The van der Waals surface area contributed by atoms with E-state index < -0.39 is 0 Å². The fraction of sp³-hybridized carbons (Fsp3) is 0. The maximum absolute atomic E-state index is 9.61. The van der Waals surface area contributed by atoms with Gasteiger partial charge in [0.1, 0.15) is 0 Å². The monoisotopic (exact) mass is 129 g/mol. The van der Waals surface area contributed by atoms with Crippen LogP contribution in [0, 0.1) is 0 Å². The molecule has 1 heterocycles. The van der Waals surface area contributed by atoms with Gasteiger partial charge in [0.25, 0.3) is 6.47 Å². The highest BCUT2D eigenvalue weighted by atomic mass is 32.1. The third-order valence-corrected chi connectivity index (χ3v) is 1.13. The van der Waals surface area contributed by atoms with Crippen molar-refractivity contribution in [3.8, 4) is 5.88 Å². The molecule has 4 heteroatoms. The molecule has 1 rings (SSSR count). The van der Waals surface area contributed by atoms with Gasteiger partial charge in [-0.05, 0) is 11.5 Å². The summed E-state index contributed by atoms with van der Waals surface area (Å²) in [6.45, 7) is 0.356. The Labute approximate surface area is 50.1 Å². The number of rotatable bonds is 2. The van der Waals surface area contributed by atoms with Crippen molar-refractivity contribution in [2.45, 2.75) is 0 Å². The molecule has 1 aromatic rings. The lowest BCUT2D eigenvalue weighted by atomic mass is 10.7. The van der Waals surface area contributed by atoms with Gasteiger partial charge in [-0.25, -0.2) is 0 Å². The highest BCUT2D eigenvalue weighted by Crippen LogP contribution is 2.06. The quantitative estimate of drug-likeness (QED) is 0.551. The minimum atomic E-state index is 0.356. The average molecular weight is 129 g/mol. The highest BCUT2D eigenvalue weighted by molar-refractivity contribution is 7.03. The van der Waals surface area contributed by atoms with Crippen LogP contribution >= 0.6 is 11.5 Å². The summed E-state index contributed by atoms with van der Waals surface area (Å²) in [6.07, 6.45) is 0. The van der Waals surface area contributed by atoms with Gasteiger partial charge in [-0.1, -0.05) is 0 Å². The summed E-state index contributed by atoms with van der Waals surface area (Å²) in [5, 5.41) is 1.73. The third kappa shape index (κ3) is 1.04. The molecular formula is C4H3NO2S. The van der Waals surface area contributed by atoms with Gasteiger partial charge in [-0.15, -0.1) is 0 Å². The summed E-state index contributed by atoms with van der Waals surface area (Å²) in [6, 6.07) is 1.62. The van der Waals surface area contributed by atoms with Crippen LogP contribution in [0.1, 0.15) is 0 Å². The van der Waals surface area contributed by atoms with Gasteiger partial charge < -0.3 is 4.74 Å². The van der Waals surface area contributed by atoms with Gasteiger partial charge in [0.15, 0.2) is 0 Å². The Morgan fingerprint density at radius 3 is 3.25 bits per heavy atom. The van der Waals surface area contributed by atoms with Crippen molar-refractivity contribution in [3.63, 3.8) is 0 Å². The normalized spacial score (nSPS) is 8.50. The van der Waals surface area contributed by atoms with Gasteiger partial charge in [0, 0.05) is 11.4 Å². The standard InChI is InChI=1S/C4H3NO2S/c6-3-7-4-1-2-8-5-4/h1-3H. The minimum absolute atomic E-state index is 0.356. The van der Waals surface area contributed by atoms with E-state index in [2.05, 4.69) is 9.11 Å². The van der Waals surface area contributed by atoms with E-state index in [9.17, 15) is 4.79 Å². The molecule has 0 saturated heterocycles. The van der Waals surface area contributed by atoms with E-state index in [1.807, 2.05) is 0 Å². The van der Waals surface area contributed by atoms with Gasteiger partial charge in [-0.3, -0.25) is 4.79 Å². The first kappa shape index (κ1) is 5.24. The molecule has 0 aromatic carbocycles. The Hall–Kier alpha value is -0.900. The minimum Gasteiger partial charge on any atom is -0.409 e. The topological polar surface area (TPSA) is 39.2 Å². The molecule has 3 nitrogen and oxygen atoms in total. The third-order valence-electron chi connectivity index (χ3n) is 0.583. The van der Waals surface area contributed by atoms with Crippen LogP contribution < -0.4 is 4.74 Å². The van der Waals surface area contributed by atoms with E-state index in [-0.39, 0.29) is 0 Å². The Kier molecular flexibility index (Phi) is 1.58. The molecule has 0 fully saturated rings. The SMILES string of the molecule is O=COc1ccsn1. The number of hydrogen-bond acceptors (Lipinski definition) is 4. The van der Waals surface area contributed by atoms with Crippen molar-refractivity contribution in [1.82, 2.24) is 4.37 Å². The average Bonchev–Trinajstić information content (AvgIpc) is 2.19. The number of hydrogen-bond donors (Lipinski definition) is 0. The van der Waals surface area contributed by atoms with Crippen LogP contribution in [-0.4, -0.2) is 10.8 Å². The molecule has 0 aliphatic carbocycles. The predicted molar refractivity (Wildman–Crippen MR) is 28.8 cm³/mol. The molecule has 42 valence electrons. The molecule has 8 heavy (non-hydrogen) atoms. The second kappa shape index (κ2) is 2.42. The molecule has 0 radical (unpaired) electrons. The summed E-state index contributed by atoms with van der Waals surface area (Å²) < 4.78 is 8.06. The molecule has 0 aliphatic heterocycles. The van der Waals surface area contributed by atoms with E-state index in [0.29, 0.717) is 12.4 Å². The van der Waals surface area contributed by atoms with Crippen LogP contribution in [0.15, 0.2) is 11.4 Å². The van der Waals surface area contributed by atoms with E-state index in [0.717, 1.165) is 0 Å². The van der Waals surface area contributed by atoms with Crippen LogP contribution in [0.5, 0.6) is 5.88 Å².